The van der Waals surface area contributed by atoms with E-state index in [1.165, 1.54) is 68.9 Å². The highest BCUT2D eigenvalue weighted by Gasteiger charge is 2.32. The number of ether oxygens (including phenoxy) is 2. The number of aromatic amines is 1. The highest BCUT2D eigenvalue weighted by Crippen LogP contribution is 2.42. The molecule has 0 aliphatic carbocycles. The van der Waals surface area contributed by atoms with Crippen LogP contribution in [0.2, 0.25) is 5.02 Å². The van der Waals surface area contributed by atoms with Crippen LogP contribution in [0.1, 0.15) is 0 Å². The van der Waals surface area contributed by atoms with Gasteiger partial charge < -0.3 is 14.5 Å². The van der Waals surface area contributed by atoms with Crippen LogP contribution in [-0.2, 0) is 10.0 Å². The van der Waals surface area contributed by atoms with Crippen molar-refractivity contribution in [3.05, 3.63) is 100 Å². The number of fused-ring (bicyclic) bond motifs is 1. The highest BCUT2D eigenvalue weighted by molar-refractivity contribution is 7.93. The predicted octanol–water partition coefficient (Wildman–Crippen LogP) is 5.32. The Morgan fingerprint density at radius 3 is 2.46 bits per heavy atom. The summed E-state index contributed by atoms with van der Waals surface area (Å²) < 4.78 is 55.5. The molecule has 3 aromatic carbocycles. The van der Waals surface area contributed by atoms with Crippen LogP contribution >= 0.6 is 11.6 Å². The lowest BCUT2D eigenvalue weighted by Crippen LogP contribution is -2.28. The monoisotopic (exact) mass is 566 g/mol. The minimum absolute atomic E-state index is 0.0552. The van der Waals surface area contributed by atoms with Crippen LogP contribution in [-0.4, -0.2) is 37.8 Å². The van der Waals surface area contributed by atoms with E-state index < -0.39 is 15.8 Å². The van der Waals surface area contributed by atoms with Crippen molar-refractivity contribution in [3.63, 3.8) is 0 Å². The van der Waals surface area contributed by atoms with Crippen molar-refractivity contribution in [2.45, 2.75) is 4.90 Å². The number of anilines is 2. The SMILES string of the molecule is COc1cc(-c2cc(OC)c(N(c3cccnn3)S(=O)(=O)c3ccc4[nH]c(=O)ccc4c3)cc2F)ccc1Cl. The van der Waals surface area contributed by atoms with Gasteiger partial charge in [-0.3, -0.25) is 4.79 Å². The largest absolute Gasteiger partial charge is 0.495 e. The van der Waals surface area contributed by atoms with Gasteiger partial charge in [-0.15, -0.1) is 5.10 Å². The van der Waals surface area contributed by atoms with E-state index in [0.29, 0.717) is 27.2 Å². The zero-order valence-electron chi connectivity index (χ0n) is 20.6. The van der Waals surface area contributed by atoms with Gasteiger partial charge in [-0.05, 0) is 65.5 Å². The molecule has 2 heterocycles. The van der Waals surface area contributed by atoms with Gasteiger partial charge in [0, 0.05) is 29.4 Å². The first-order valence-electron chi connectivity index (χ1n) is 11.4. The number of rotatable bonds is 7. The third-order valence-electron chi connectivity index (χ3n) is 5.95. The average Bonchev–Trinajstić information content (AvgIpc) is 2.94. The summed E-state index contributed by atoms with van der Waals surface area (Å²) in [6.07, 6.45) is 1.38. The van der Waals surface area contributed by atoms with Gasteiger partial charge in [0.25, 0.3) is 10.0 Å². The Labute approximate surface area is 227 Å². The average molecular weight is 567 g/mol. The fourth-order valence-electron chi connectivity index (χ4n) is 4.09. The van der Waals surface area contributed by atoms with Gasteiger partial charge >= 0.3 is 0 Å². The van der Waals surface area contributed by atoms with Gasteiger partial charge in [0.2, 0.25) is 5.56 Å². The minimum atomic E-state index is -4.40. The Balaban J connectivity index is 1.71. The van der Waals surface area contributed by atoms with Crippen molar-refractivity contribution in [1.29, 1.82) is 0 Å². The molecule has 5 aromatic rings. The second-order valence-electron chi connectivity index (χ2n) is 8.28. The predicted molar refractivity (Wildman–Crippen MR) is 146 cm³/mol. The molecule has 0 radical (unpaired) electrons. The van der Waals surface area contributed by atoms with Gasteiger partial charge in [0.05, 0.1) is 24.1 Å². The lowest BCUT2D eigenvalue weighted by molar-refractivity contribution is 0.414. The van der Waals surface area contributed by atoms with Gasteiger partial charge in [-0.2, -0.15) is 5.10 Å². The highest BCUT2D eigenvalue weighted by atomic mass is 35.5. The van der Waals surface area contributed by atoms with Crippen LogP contribution in [0.15, 0.2) is 88.7 Å². The zero-order valence-corrected chi connectivity index (χ0v) is 22.1. The van der Waals surface area contributed by atoms with Crippen molar-refractivity contribution >= 4 is 44.0 Å². The number of pyridine rings is 1. The maximum atomic E-state index is 15.7. The molecule has 0 atom stereocenters. The van der Waals surface area contributed by atoms with Crippen LogP contribution in [0.25, 0.3) is 22.0 Å². The van der Waals surface area contributed by atoms with Crippen LogP contribution in [0.4, 0.5) is 15.9 Å². The molecule has 0 aliphatic heterocycles. The first kappa shape index (κ1) is 26.1. The Hall–Kier alpha value is -4.48. The van der Waals surface area contributed by atoms with E-state index >= 15 is 4.39 Å². The number of hydrogen-bond donors (Lipinski definition) is 1. The Bertz CT molecular complexity index is 1870. The lowest BCUT2D eigenvalue weighted by atomic mass is 10.0. The molecule has 0 bridgehead atoms. The summed E-state index contributed by atoms with van der Waals surface area (Å²) >= 11 is 6.12. The van der Waals surface area contributed by atoms with E-state index in [-0.39, 0.29) is 33.3 Å². The summed E-state index contributed by atoms with van der Waals surface area (Å²) in [6, 6.07) is 17.1. The van der Waals surface area contributed by atoms with E-state index in [9.17, 15) is 13.2 Å². The summed E-state index contributed by atoms with van der Waals surface area (Å²) in [7, 11) is -1.61. The molecular formula is C27H20ClFN4O5S. The van der Waals surface area contributed by atoms with Crippen LogP contribution < -0.4 is 19.3 Å². The van der Waals surface area contributed by atoms with Crippen molar-refractivity contribution < 1.29 is 22.3 Å². The van der Waals surface area contributed by atoms with Gasteiger partial charge in [0.1, 0.15) is 23.0 Å². The number of hydrogen-bond acceptors (Lipinski definition) is 7. The summed E-state index contributed by atoms with van der Waals surface area (Å²) in [5.74, 6) is -0.411. The van der Waals surface area contributed by atoms with Crippen molar-refractivity contribution in [1.82, 2.24) is 15.2 Å². The molecule has 0 unspecified atom stereocenters. The second kappa shape index (κ2) is 10.4. The maximum absolute atomic E-state index is 15.7. The standard InChI is InChI=1S/C27H20ClFN4O5S/c1-37-24-13-16(5-8-20(24)28)19-14-25(38-2)23(15-21(19)29)33(26-4-3-11-30-32-26)39(35,36)18-7-9-22-17(12-18)6-10-27(34)31-22/h3-15H,1-2H3,(H,31,34). The summed E-state index contributed by atoms with van der Waals surface area (Å²) in [5.41, 5.74) is 0.589. The molecular weight excluding hydrogens is 547 g/mol. The molecule has 0 saturated carbocycles. The summed E-state index contributed by atoms with van der Waals surface area (Å²) in [5, 5.41) is 8.63. The molecule has 5 rings (SSSR count). The third kappa shape index (κ3) is 4.89. The lowest BCUT2D eigenvalue weighted by Gasteiger charge is -2.25. The fourth-order valence-corrected chi connectivity index (χ4v) is 5.76. The molecule has 9 nitrogen and oxygen atoms in total. The minimum Gasteiger partial charge on any atom is -0.495 e. The van der Waals surface area contributed by atoms with Crippen LogP contribution in [0.5, 0.6) is 11.5 Å². The van der Waals surface area contributed by atoms with Crippen molar-refractivity contribution in [3.8, 4) is 22.6 Å². The van der Waals surface area contributed by atoms with E-state index in [0.717, 1.165) is 10.4 Å². The molecule has 0 amide bonds. The Morgan fingerprint density at radius 2 is 1.74 bits per heavy atom. The molecule has 0 saturated heterocycles. The molecule has 2 aromatic heterocycles. The zero-order chi connectivity index (χ0) is 27.7. The Morgan fingerprint density at radius 1 is 0.949 bits per heavy atom. The number of aromatic nitrogens is 3. The number of nitrogens with one attached hydrogen (secondary N) is 1. The molecule has 39 heavy (non-hydrogen) atoms. The molecule has 198 valence electrons. The number of methoxy groups -OCH3 is 2. The van der Waals surface area contributed by atoms with Gasteiger partial charge in [-0.25, -0.2) is 17.1 Å². The van der Waals surface area contributed by atoms with E-state index in [2.05, 4.69) is 15.2 Å². The second-order valence-corrected chi connectivity index (χ2v) is 10.5. The quantitative estimate of drug-likeness (QED) is 0.283. The maximum Gasteiger partial charge on any atom is 0.270 e. The number of halogens is 2. The first-order chi connectivity index (χ1) is 18.7. The van der Waals surface area contributed by atoms with E-state index in [1.807, 2.05) is 0 Å². The first-order valence-corrected chi connectivity index (χ1v) is 13.2. The molecule has 0 spiro atoms. The van der Waals surface area contributed by atoms with E-state index in [1.54, 1.807) is 18.2 Å². The number of benzene rings is 3. The van der Waals surface area contributed by atoms with Gasteiger partial charge in [-0.1, -0.05) is 17.7 Å². The van der Waals surface area contributed by atoms with Crippen molar-refractivity contribution in [2.75, 3.05) is 18.5 Å². The molecule has 0 aliphatic rings. The molecule has 1 N–H and O–H groups in total. The number of nitrogens with zero attached hydrogens (tertiary/aromatic N) is 3. The Kier molecular flexibility index (Phi) is 6.94. The van der Waals surface area contributed by atoms with Crippen LogP contribution in [0.3, 0.4) is 0 Å². The third-order valence-corrected chi connectivity index (χ3v) is 7.98. The smallest absolute Gasteiger partial charge is 0.270 e. The summed E-state index contributed by atoms with van der Waals surface area (Å²) in [6.45, 7) is 0. The normalized spacial score (nSPS) is 11.4. The summed E-state index contributed by atoms with van der Waals surface area (Å²) in [4.78, 5) is 14.2. The van der Waals surface area contributed by atoms with E-state index in [4.69, 9.17) is 21.1 Å². The molecule has 12 heteroatoms. The molecule has 0 fully saturated rings. The topological polar surface area (TPSA) is 114 Å². The number of sulfonamides is 1. The van der Waals surface area contributed by atoms with Crippen LogP contribution in [0, 0.1) is 5.82 Å². The number of H-pyrrole nitrogens is 1. The van der Waals surface area contributed by atoms with Crippen molar-refractivity contribution in [2.24, 2.45) is 0 Å². The van der Waals surface area contributed by atoms with Gasteiger partial charge in [0.15, 0.2) is 5.82 Å². The fraction of sp³-hybridized carbons (Fsp3) is 0.0741.